The third kappa shape index (κ3) is 4.30. The summed E-state index contributed by atoms with van der Waals surface area (Å²) >= 11 is 0. The molecule has 0 aromatic carbocycles. The van der Waals surface area contributed by atoms with Crippen LogP contribution in [0.2, 0.25) is 0 Å². The van der Waals surface area contributed by atoms with Gasteiger partial charge in [-0.3, -0.25) is 4.99 Å². The average Bonchev–Trinajstić information content (AvgIpc) is 1.98. The minimum absolute atomic E-state index is 1.03. The highest BCUT2D eigenvalue weighted by atomic mass is 14.7. The van der Waals surface area contributed by atoms with Crippen LogP contribution in [0.1, 0.15) is 40.0 Å². The molecule has 0 bridgehead atoms. The molecule has 0 atom stereocenters. The van der Waals surface area contributed by atoms with Crippen molar-refractivity contribution in [1.29, 1.82) is 0 Å². The van der Waals surface area contributed by atoms with Crippen LogP contribution in [-0.4, -0.2) is 6.21 Å². The first-order valence-corrected chi connectivity index (χ1v) is 4.06. The molecule has 0 saturated carbocycles. The van der Waals surface area contributed by atoms with Crippen LogP contribution in [-0.2, 0) is 0 Å². The summed E-state index contributed by atoms with van der Waals surface area (Å²) in [7, 11) is 0. The molecule has 0 aromatic heterocycles. The van der Waals surface area contributed by atoms with E-state index in [1.807, 2.05) is 6.21 Å². The topological polar surface area (TPSA) is 12.4 Å². The number of hydrogen-bond donors (Lipinski definition) is 0. The van der Waals surface area contributed by atoms with Crippen molar-refractivity contribution in [1.82, 2.24) is 0 Å². The first kappa shape index (κ1) is 9.41. The lowest BCUT2D eigenvalue weighted by Gasteiger charge is -1.93. The second-order valence-corrected chi connectivity index (χ2v) is 2.18. The van der Waals surface area contributed by atoms with Crippen molar-refractivity contribution in [2.24, 2.45) is 4.99 Å². The van der Waals surface area contributed by atoms with Crippen molar-refractivity contribution in [3.8, 4) is 0 Å². The van der Waals surface area contributed by atoms with Crippen LogP contribution in [0.15, 0.2) is 16.8 Å². The van der Waals surface area contributed by atoms with E-state index in [1.54, 1.807) is 0 Å². The second-order valence-electron chi connectivity index (χ2n) is 2.18. The summed E-state index contributed by atoms with van der Waals surface area (Å²) in [6.45, 7) is 6.37. The highest BCUT2D eigenvalue weighted by Gasteiger charge is 1.84. The van der Waals surface area contributed by atoms with Gasteiger partial charge in [-0.25, -0.2) is 0 Å². The predicted molar refractivity (Wildman–Crippen MR) is 47.4 cm³/mol. The Morgan fingerprint density at radius 2 is 1.90 bits per heavy atom. The Bertz CT molecular complexity index is 123. The fourth-order valence-corrected chi connectivity index (χ4v) is 0.732. The van der Waals surface area contributed by atoms with Gasteiger partial charge in [-0.1, -0.05) is 26.8 Å². The van der Waals surface area contributed by atoms with E-state index in [0.29, 0.717) is 0 Å². The minimum atomic E-state index is 1.03. The summed E-state index contributed by atoms with van der Waals surface area (Å²) in [6.07, 6.45) is 7.30. The molecule has 0 radical (unpaired) electrons. The summed E-state index contributed by atoms with van der Waals surface area (Å²) in [5.41, 5.74) is 1.21. The fourth-order valence-electron chi connectivity index (χ4n) is 0.732. The number of aliphatic imine (C=N–C) groups is 1. The van der Waals surface area contributed by atoms with Crippen molar-refractivity contribution in [3.05, 3.63) is 11.8 Å². The van der Waals surface area contributed by atoms with Gasteiger partial charge in [0.1, 0.15) is 0 Å². The first-order valence-electron chi connectivity index (χ1n) is 4.06. The summed E-state index contributed by atoms with van der Waals surface area (Å²) in [5, 5.41) is 0. The van der Waals surface area contributed by atoms with Gasteiger partial charge in [0.05, 0.1) is 0 Å². The van der Waals surface area contributed by atoms with E-state index in [4.69, 9.17) is 0 Å². The van der Waals surface area contributed by atoms with E-state index < -0.39 is 0 Å². The molecule has 0 heterocycles. The molecular formula is C9H17N. The molecule has 0 N–H and O–H groups in total. The maximum absolute atomic E-state index is 4.29. The number of allylic oxidation sites excluding steroid dienone is 2. The van der Waals surface area contributed by atoms with E-state index in [2.05, 4.69) is 31.8 Å². The van der Waals surface area contributed by atoms with Crippen LogP contribution in [0.4, 0.5) is 0 Å². The van der Waals surface area contributed by atoms with Gasteiger partial charge in [0.15, 0.2) is 0 Å². The lowest BCUT2D eigenvalue weighted by Crippen LogP contribution is -1.76. The Balaban J connectivity index is 3.82. The molecule has 0 aliphatic heterocycles. The van der Waals surface area contributed by atoms with Gasteiger partial charge in [-0.05, 0) is 19.3 Å². The zero-order chi connectivity index (χ0) is 7.82. The van der Waals surface area contributed by atoms with E-state index in [-0.39, 0.29) is 0 Å². The van der Waals surface area contributed by atoms with Crippen LogP contribution in [0.3, 0.4) is 0 Å². The molecule has 10 heavy (non-hydrogen) atoms. The molecule has 0 amide bonds. The zero-order valence-corrected chi connectivity index (χ0v) is 7.22. The molecular weight excluding hydrogens is 122 g/mol. The fraction of sp³-hybridized carbons (Fsp3) is 0.667. The van der Waals surface area contributed by atoms with Gasteiger partial charge in [0.25, 0.3) is 0 Å². The molecule has 58 valence electrons. The largest absolute Gasteiger partial charge is 0.266 e. The molecule has 1 nitrogen and oxygen atoms in total. The summed E-state index contributed by atoms with van der Waals surface area (Å²) in [6, 6.07) is 0. The van der Waals surface area contributed by atoms with Crippen molar-refractivity contribution in [2.45, 2.75) is 40.0 Å². The lowest BCUT2D eigenvalue weighted by molar-refractivity contribution is 1.03. The maximum atomic E-state index is 4.29. The quantitative estimate of drug-likeness (QED) is 0.530. The Hall–Kier alpha value is -0.590. The van der Waals surface area contributed by atoms with Gasteiger partial charge >= 0.3 is 0 Å². The number of hydrogen-bond acceptors (Lipinski definition) is 1. The van der Waals surface area contributed by atoms with Gasteiger partial charge in [-0.2, -0.15) is 0 Å². The molecule has 0 saturated heterocycles. The van der Waals surface area contributed by atoms with E-state index in [9.17, 15) is 0 Å². The van der Waals surface area contributed by atoms with Gasteiger partial charge in [0.2, 0.25) is 0 Å². The highest BCUT2D eigenvalue weighted by Crippen LogP contribution is 2.02. The van der Waals surface area contributed by atoms with E-state index in [1.165, 1.54) is 5.70 Å². The predicted octanol–water partition coefficient (Wildman–Crippen LogP) is 3.17. The van der Waals surface area contributed by atoms with Gasteiger partial charge in [0, 0.05) is 11.9 Å². The average molecular weight is 139 g/mol. The molecule has 0 rings (SSSR count). The molecule has 0 aliphatic carbocycles. The first-order chi connectivity index (χ1) is 4.85. The third-order valence-corrected chi connectivity index (χ3v) is 1.24. The Kier molecular flexibility index (Phi) is 6.14. The summed E-state index contributed by atoms with van der Waals surface area (Å²) in [5.74, 6) is 0. The van der Waals surface area contributed by atoms with E-state index >= 15 is 0 Å². The van der Waals surface area contributed by atoms with Crippen molar-refractivity contribution in [3.63, 3.8) is 0 Å². The van der Waals surface area contributed by atoms with Gasteiger partial charge < -0.3 is 0 Å². The van der Waals surface area contributed by atoms with Crippen molar-refractivity contribution < 1.29 is 0 Å². The molecule has 0 aliphatic rings. The number of nitrogens with zero attached hydrogens (tertiary/aromatic N) is 1. The normalized spacial score (nSPS) is 12.9. The zero-order valence-electron chi connectivity index (χ0n) is 7.22. The molecule has 0 fully saturated rings. The molecule has 0 aromatic rings. The monoisotopic (exact) mass is 139 g/mol. The van der Waals surface area contributed by atoms with Gasteiger partial charge in [-0.15, -0.1) is 0 Å². The third-order valence-electron chi connectivity index (χ3n) is 1.24. The summed E-state index contributed by atoms with van der Waals surface area (Å²) < 4.78 is 0. The van der Waals surface area contributed by atoms with Crippen LogP contribution in [0, 0.1) is 0 Å². The SMILES string of the molecule is CC/C=N\C(=C\CC)CC. The smallest absolute Gasteiger partial charge is 0.0357 e. The number of rotatable bonds is 4. The van der Waals surface area contributed by atoms with Crippen LogP contribution in [0.25, 0.3) is 0 Å². The highest BCUT2D eigenvalue weighted by molar-refractivity contribution is 5.58. The minimum Gasteiger partial charge on any atom is -0.266 e. The van der Waals surface area contributed by atoms with Crippen molar-refractivity contribution >= 4 is 6.21 Å². The van der Waals surface area contributed by atoms with Crippen LogP contribution in [0.5, 0.6) is 0 Å². The Morgan fingerprint density at radius 1 is 1.20 bits per heavy atom. The standard InChI is InChI=1S/C9H17N/c1-4-7-9(6-3)10-8-5-2/h7-8H,4-6H2,1-3H3/b9-7+,10-8-. The van der Waals surface area contributed by atoms with Crippen LogP contribution >= 0.6 is 0 Å². The van der Waals surface area contributed by atoms with E-state index in [0.717, 1.165) is 19.3 Å². The van der Waals surface area contributed by atoms with Crippen molar-refractivity contribution in [2.75, 3.05) is 0 Å². The lowest BCUT2D eigenvalue weighted by atomic mass is 10.3. The second kappa shape index (κ2) is 6.53. The Morgan fingerprint density at radius 3 is 2.30 bits per heavy atom. The summed E-state index contributed by atoms with van der Waals surface area (Å²) in [4.78, 5) is 4.29. The Labute approximate surface area is 63.9 Å². The molecule has 0 spiro atoms. The molecule has 0 unspecified atom stereocenters. The maximum Gasteiger partial charge on any atom is 0.0357 e. The van der Waals surface area contributed by atoms with Crippen LogP contribution < -0.4 is 0 Å². The molecule has 1 heteroatoms.